The zero-order valence-corrected chi connectivity index (χ0v) is 17.7. The fourth-order valence-corrected chi connectivity index (χ4v) is 6.37. The maximum atomic E-state index is 12.6. The number of thiophene rings is 1. The molecule has 0 spiro atoms. The molecule has 1 aromatic carbocycles. The number of aryl methyl sites for hydroxylation is 2. The summed E-state index contributed by atoms with van der Waals surface area (Å²) in [4.78, 5) is 17.3. The van der Waals surface area contributed by atoms with Crippen LogP contribution in [-0.2, 0) is 22.7 Å². The lowest BCUT2D eigenvalue weighted by Gasteiger charge is -2.34. The Morgan fingerprint density at radius 3 is 2.68 bits per heavy atom. The van der Waals surface area contributed by atoms with Crippen LogP contribution in [0.1, 0.15) is 46.3 Å². The van der Waals surface area contributed by atoms with Crippen molar-refractivity contribution in [3.05, 3.63) is 45.6 Å². The molecule has 0 radical (unpaired) electrons. The highest BCUT2D eigenvalue weighted by Gasteiger charge is 2.26. The van der Waals surface area contributed by atoms with Gasteiger partial charge in [-0.1, -0.05) is 19.1 Å². The number of rotatable bonds is 5. The average Bonchev–Trinajstić information content (AvgIpc) is 3.31. The minimum atomic E-state index is -3.26. The molecule has 1 saturated heterocycles. The van der Waals surface area contributed by atoms with Gasteiger partial charge in [0.2, 0.25) is 0 Å². The number of benzene rings is 1. The van der Waals surface area contributed by atoms with Gasteiger partial charge < -0.3 is 10.2 Å². The molecular formula is C21H26N2O3S2. The Morgan fingerprint density at radius 1 is 1.21 bits per heavy atom. The topological polar surface area (TPSA) is 66.5 Å². The van der Waals surface area contributed by atoms with E-state index < -0.39 is 9.84 Å². The van der Waals surface area contributed by atoms with E-state index in [0.717, 1.165) is 49.3 Å². The van der Waals surface area contributed by atoms with E-state index in [1.807, 2.05) is 12.1 Å². The highest BCUT2D eigenvalue weighted by Crippen LogP contribution is 2.31. The Kier molecular flexibility index (Phi) is 5.47. The van der Waals surface area contributed by atoms with Crippen LogP contribution in [-0.4, -0.2) is 39.2 Å². The molecule has 28 heavy (non-hydrogen) atoms. The molecule has 1 aromatic heterocycles. The summed E-state index contributed by atoms with van der Waals surface area (Å²) in [6, 6.07) is 9.43. The summed E-state index contributed by atoms with van der Waals surface area (Å²) < 4.78 is 24.8. The number of carbonyl (C=O) groups excluding carboxylic acids is 1. The second-order valence-corrected chi connectivity index (χ2v) is 10.9. The number of anilines is 1. The zero-order valence-electron chi connectivity index (χ0n) is 16.1. The van der Waals surface area contributed by atoms with Gasteiger partial charge in [0, 0.05) is 24.0 Å². The molecule has 0 atom stereocenters. The SMILES string of the molecule is CCS(=O)(=O)c1ccccc1N1CCC(NC(=O)c2cc3c(s2)CCC3)CC1. The Labute approximate surface area is 170 Å². The van der Waals surface area contributed by atoms with Crippen molar-refractivity contribution in [3.8, 4) is 0 Å². The summed E-state index contributed by atoms with van der Waals surface area (Å²) in [7, 11) is -3.26. The molecule has 4 rings (SSSR count). The lowest BCUT2D eigenvalue weighted by atomic mass is 10.0. The van der Waals surface area contributed by atoms with E-state index in [1.54, 1.807) is 30.4 Å². The molecular weight excluding hydrogens is 392 g/mol. The molecule has 1 aliphatic carbocycles. The molecule has 0 unspecified atom stereocenters. The van der Waals surface area contributed by atoms with Crippen LogP contribution in [0.2, 0.25) is 0 Å². The van der Waals surface area contributed by atoms with Crippen LogP contribution in [0.5, 0.6) is 0 Å². The van der Waals surface area contributed by atoms with E-state index in [0.29, 0.717) is 4.90 Å². The fourth-order valence-electron chi connectivity index (χ4n) is 4.10. The van der Waals surface area contributed by atoms with Crippen LogP contribution in [0.15, 0.2) is 35.2 Å². The smallest absolute Gasteiger partial charge is 0.261 e. The number of amides is 1. The maximum absolute atomic E-state index is 12.6. The third-order valence-corrected chi connectivity index (χ3v) is 8.73. The van der Waals surface area contributed by atoms with Gasteiger partial charge in [-0.2, -0.15) is 0 Å². The van der Waals surface area contributed by atoms with Crippen LogP contribution in [0.25, 0.3) is 0 Å². The summed E-state index contributed by atoms with van der Waals surface area (Å²) in [5.41, 5.74) is 2.13. The van der Waals surface area contributed by atoms with Crippen molar-refractivity contribution < 1.29 is 13.2 Å². The lowest BCUT2D eigenvalue weighted by molar-refractivity contribution is 0.0935. The highest BCUT2D eigenvalue weighted by molar-refractivity contribution is 7.91. The van der Waals surface area contributed by atoms with Crippen molar-refractivity contribution in [1.29, 1.82) is 0 Å². The average molecular weight is 419 g/mol. The van der Waals surface area contributed by atoms with Gasteiger partial charge in [0.25, 0.3) is 5.91 Å². The molecule has 1 aliphatic heterocycles. The van der Waals surface area contributed by atoms with Gasteiger partial charge in [-0.3, -0.25) is 4.79 Å². The van der Waals surface area contributed by atoms with Gasteiger partial charge in [-0.05, 0) is 55.9 Å². The second kappa shape index (κ2) is 7.87. The number of piperidine rings is 1. The normalized spacial score (nSPS) is 17.5. The molecule has 7 heteroatoms. The first-order valence-electron chi connectivity index (χ1n) is 9.97. The summed E-state index contributed by atoms with van der Waals surface area (Å²) in [5, 5.41) is 3.18. The fraction of sp³-hybridized carbons (Fsp3) is 0.476. The van der Waals surface area contributed by atoms with Crippen molar-refractivity contribution in [2.24, 2.45) is 0 Å². The summed E-state index contributed by atoms with van der Waals surface area (Å²) in [6.07, 6.45) is 5.04. The van der Waals surface area contributed by atoms with Gasteiger partial charge in [0.15, 0.2) is 9.84 Å². The zero-order chi connectivity index (χ0) is 19.7. The van der Waals surface area contributed by atoms with Crippen LogP contribution in [0.3, 0.4) is 0 Å². The predicted molar refractivity (Wildman–Crippen MR) is 113 cm³/mol. The molecule has 1 fully saturated rings. The summed E-state index contributed by atoms with van der Waals surface area (Å²) in [5.74, 6) is 0.133. The molecule has 2 aromatic rings. The van der Waals surface area contributed by atoms with E-state index in [9.17, 15) is 13.2 Å². The first-order valence-corrected chi connectivity index (χ1v) is 12.4. The Hall–Kier alpha value is -1.86. The molecule has 0 bridgehead atoms. The Morgan fingerprint density at radius 2 is 1.96 bits per heavy atom. The Bertz CT molecular complexity index is 952. The van der Waals surface area contributed by atoms with E-state index >= 15 is 0 Å². The Balaban J connectivity index is 1.39. The quantitative estimate of drug-likeness (QED) is 0.808. The van der Waals surface area contributed by atoms with Gasteiger partial charge in [-0.15, -0.1) is 11.3 Å². The monoisotopic (exact) mass is 418 g/mol. The largest absolute Gasteiger partial charge is 0.370 e. The number of carbonyl (C=O) groups is 1. The van der Waals surface area contributed by atoms with E-state index in [4.69, 9.17) is 0 Å². The van der Waals surface area contributed by atoms with Crippen LogP contribution >= 0.6 is 11.3 Å². The minimum Gasteiger partial charge on any atom is -0.370 e. The van der Waals surface area contributed by atoms with Gasteiger partial charge in [-0.25, -0.2) is 8.42 Å². The predicted octanol–water partition coefficient (Wildman–Crippen LogP) is 3.43. The number of hydrogen-bond donors (Lipinski definition) is 1. The van der Waals surface area contributed by atoms with E-state index in [1.165, 1.54) is 16.9 Å². The number of nitrogens with one attached hydrogen (secondary N) is 1. The maximum Gasteiger partial charge on any atom is 0.261 e. The van der Waals surface area contributed by atoms with Crippen molar-refractivity contribution in [1.82, 2.24) is 5.32 Å². The van der Waals surface area contributed by atoms with Crippen LogP contribution in [0.4, 0.5) is 5.69 Å². The molecule has 1 amide bonds. The molecule has 1 N–H and O–H groups in total. The summed E-state index contributed by atoms with van der Waals surface area (Å²) in [6.45, 7) is 3.15. The second-order valence-electron chi connectivity index (χ2n) is 7.52. The van der Waals surface area contributed by atoms with E-state index in [-0.39, 0.29) is 17.7 Å². The van der Waals surface area contributed by atoms with Crippen molar-refractivity contribution >= 4 is 32.8 Å². The number of sulfone groups is 1. The standard InChI is InChI=1S/C21H26N2O3S2/c1-2-28(25,26)20-9-4-3-7-17(20)23-12-10-16(11-13-23)22-21(24)19-14-15-6-5-8-18(15)27-19/h3-4,7,9,14,16H,2,5-6,8,10-13H2,1H3,(H,22,24). The first kappa shape index (κ1) is 19.5. The van der Waals surface area contributed by atoms with Crippen LogP contribution in [0, 0.1) is 0 Å². The van der Waals surface area contributed by atoms with Gasteiger partial charge in [0.1, 0.15) is 0 Å². The molecule has 2 aliphatic rings. The van der Waals surface area contributed by atoms with E-state index in [2.05, 4.69) is 16.3 Å². The number of para-hydroxylation sites is 1. The number of fused-ring (bicyclic) bond motifs is 1. The van der Waals surface area contributed by atoms with Crippen molar-refractivity contribution in [2.75, 3.05) is 23.7 Å². The van der Waals surface area contributed by atoms with Gasteiger partial charge >= 0.3 is 0 Å². The third-order valence-electron chi connectivity index (χ3n) is 5.72. The number of hydrogen-bond acceptors (Lipinski definition) is 5. The van der Waals surface area contributed by atoms with Crippen LogP contribution < -0.4 is 10.2 Å². The van der Waals surface area contributed by atoms with Crippen molar-refractivity contribution in [3.63, 3.8) is 0 Å². The number of nitrogens with zero attached hydrogens (tertiary/aromatic N) is 1. The lowest BCUT2D eigenvalue weighted by Crippen LogP contribution is -2.44. The highest BCUT2D eigenvalue weighted by atomic mass is 32.2. The molecule has 2 heterocycles. The molecule has 0 saturated carbocycles. The molecule has 5 nitrogen and oxygen atoms in total. The van der Waals surface area contributed by atoms with Crippen molar-refractivity contribution in [2.45, 2.75) is 50.0 Å². The minimum absolute atomic E-state index is 0.0341. The third kappa shape index (κ3) is 3.82. The summed E-state index contributed by atoms with van der Waals surface area (Å²) >= 11 is 1.63. The molecule has 150 valence electrons. The first-order chi connectivity index (χ1) is 13.5. The van der Waals surface area contributed by atoms with Gasteiger partial charge in [0.05, 0.1) is 21.2 Å².